The fourth-order valence-corrected chi connectivity index (χ4v) is 6.71. The summed E-state index contributed by atoms with van der Waals surface area (Å²) in [7, 11) is -3.86. The molecule has 1 spiro atoms. The molecule has 38 heavy (non-hydrogen) atoms. The number of benzene rings is 2. The van der Waals surface area contributed by atoms with Gasteiger partial charge in [0.05, 0.1) is 4.90 Å². The highest BCUT2D eigenvalue weighted by Crippen LogP contribution is 2.43. The van der Waals surface area contributed by atoms with E-state index in [1.807, 2.05) is 19.9 Å². The first-order valence-electron chi connectivity index (χ1n) is 13.4. The summed E-state index contributed by atoms with van der Waals surface area (Å²) in [6.07, 6.45) is 8.16. The number of amides is 1. The lowest BCUT2D eigenvalue weighted by atomic mass is 9.79. The van der Waals surface area contributed by atoms with Crippen LogP contribution in [0.5, 0.6) is 5.75 Å². The zero-order chi connectivity index (χ0) is 26.9. The summed E-state index contributed by atoms with van der Waals surface area (Å²) in [6, 6.07) is 11.3. The van der Waals surface area contributed by atoms with Crippen molar-refractivity contribution in [1.82, 2.24) is 10.1 Å². The van der Waals surface area contributed by atoms with Crippen molar-refractivity contribution in [3.8, 4) is 5.75 Å². The van der Waals surface area contributed by atoms with Crippen LogP contribution in [0, 0.1) is 13.8 Å². The van der Waals surface area contributed by atoms with Gasteiger partial charge in [-0.05, 0) is 88.1 Å². The molecule has 1 amide bonds. The first-order chi connectivity index (χ1) is 18.2. The van der Waals surface area contributed by atoms with Gasteiger partial charge in [-0.1, -0.05) is 31.0 Å². The lowest BCUT2D eigenvalue weighted by Crippen LogP contribution is -2.45. The van der Waals surface area contributed by atoms with E-state index < -0.39 is 22.0 Å². The highest BCUT2D eigenvalue weighted by molar-refractivity contribution is 7.89. The van der Waals surface area contributed by atoms with E-state index in [9.17, 15) is 13.2 Å². The predicted molar refractivity (Wildman–Crippen MR) is 145 cm³/mol. The first-order valence-corrected chi connectivity index (χ1v) is 14.9. The van der Waals surface area contributed by atoms with Crippen LogP contribution in [-0.2, 0) is 21.2 Å². The Morgan fingerprint density at radius 1 is 1.05 bits per heavy atom. The van der Waals surface area contributed by atoms with E-state index in [0.717, 1.165) is 47.9 Å². The molecule has 5 rings (SSSR count). The fraction of sp³-hybridized carbons (Fsp3) is 0.448. The molecule has 9 heteroatoms. The Morgan fingerprint density at radius 3 is 2.50 bits per heavy atom. The molecule has 8 nitrogen and oxygen atoms in total. The minimum Gasteiger partial charge on any atom is -0.487 e. The molecule has 2 aliphatic rings. The maximum absolute atomic E-state index is 12.8. The Morgan fingerprint density at radius 2 is 1.79 bits per heavy atom. The van der Waals surface area contributed by atoms with Crippen molar-refractivity contribution in [3.63, 3.8) is 0 Å². The molecule has 0 radical (unpaired) electrons. The van der Waals surface area contributed by atoms with E-state index in [0.29, 0.717) is 5.58 Å². The number of hydrogen-bond donors (Lipinski definition) is 2. The van der Waals surface area contributed by atoms with Crippen molar-refractivity contribution in [3.05, 3.63) is 64.7 Å². The van der Waals surface area contributed by atoms with Crippen molar-refractivity contribution in [1.29, 1.82) is 0 Å². The van der Waals surface area contributed by atoms with E-state index in [2.05, 4.69) is 21.3 Å². The molecule has 3 aromatic rings. The molecule has 1 aromatic heterocycles. The molecule has 0 unspecified atom stereocenters. The number of carbonyl (C=O) groups excluding carboxylic acids is 1. The molecule has 1 fully saturated rings. The average molecular weight is 538 g/mol. The summed E-state index contributed by atoms with van der Waals surface area (Å²) in [5.41, 5.74) is 6.37. The van der Waals surface area contributed by atoms with E-state index in [-0.39, 0.29) is 22.5 Å². The zero-order valence-electron chi connectivity index (χ0n) is 22.2. The number of fused-ring (bicyclic) bond motifs is 2. The molecule has 1 aliphatic heterocycles. The van der Waals surface area contributed by atoms with Gasteiger partial charge in [0.15, 0.2) is 0 Å². The van der Waals surface area contributed by atoms with Crippen LogP contribution < -0.4 is 20.4 Å². The van der Waals surface area contributed by atoms with Crippen LogP contribution >= 0.6 is 0 Å². The van der Waals surface area contributed by atoms with Crippen LogP contribution in [0.15, 0.2) is 56.9 Å². The third-order valence-corrected chi connectivity index (χ3v) is 9.20. The van der Waals surface area contributed by atoms with Crippen LogP contribution in [0.4, 0.5) is 0 Å². The Balaban J connectivity index is 1.35. The molecule has 0 saturated heterocycles. The molecule has 202 valence electrons. The second-order valence-corrected chi connectivity index (χ2v) is 12.3. The molecule has 2 N–H and O–H groups in total. The highest BCUT2D eigenvalue weighted by Gasteiger charge is 2.37. The topological polar surface area (TPSA) is 110 Å². The standard InChI is InChI=1S/C29H35N3O5S/c1-4-24(32-38(34,35)22-10-8-19(2)9-11-22)28(33)31-30-27-16-20(3)23-17-21-12-15-29(13-6-5-7-14-29)37-25(21)18-26(23)36-27/h8-11,16-18,24,32H,4-7,12-15H2,1-3H3,(H,31,33)/b30-27-/t24-/m1/s1. The molecule has 1 aliphatic carbocycles. The van der Waals surface area contributed by atoms with E-state index in [1.54, 1.807) is 25.1 Å². The monoisotopic (exact) mass is 537 g/mol. The first kappa shape index (κ1) is 26.4. The van der Waals surface area contributed by atoms with E-state index >= 15 is 0 Å². The van der Waals surface area contributed by atoms with Gasteiger partial charge in [0.2, 0.25) is 15.6 Å². The summed E-state index contributed by atoms with van der Waals surface area (Å²) in [6.45, 7) is 5.58. The van der Waals surface area contributed by atoms with Gasteiger partial charge in [-0.3, -0.25) is 4.79 Å². The number of hydrogen-bond acceptors (Lipinski definition) is 6. The predicted octanol–water partition coefficient (Wildman–Crippen LogP) is 4.77. The smallest absolute Gasteiger partial charge is 0.258 e. The summed E-state index contributed by atoms with van der Waals surface area (Å²) < 4.78 is 40.6. The Kier molecular flexibility index (Phi) is 7.33. The van der Waals surface area contributed by atoms with Gasteiger partial charge in [-0.15, -0.1) is 5.10 Å². The maximum atomic E-state index is 12.8. The van der Waals surface area contributed by atoms with Crippen LogP contribution in [0.25, 0.3) is 11.0 Å². The summed E-state index contributed by atoms with van der Waals surface area (Å²) in [5, 5.41) is 5.13. The van der Waals surface area contributed by atoms with Crippen molar-refractivity contribution >= 4 is 26.9 Å². The number of rotatable bonds is 6. The van der Waals surface area contributed by atoms with Gasteiger partial charge in [-0.25, -0.2) is 13.8 Å². The second kappa shape index (κ2) is 10.5. The Labute approximate surface area is 223 Å². The molecule has 1 saturated carbocycles. The van der Waals surface area contributed by atoms with Crippen molar-refractivity contribution in [2.75, 3.05) is 0 Å². The average Bonchev–Trinajstić information content (AvgIpc) is 2.90. The molecule has 2 aromatic carbocycles. The molecular weight excluding hydrogens is 502 g/mol. The van der Waals surface area contributed by atoms with Crippen LogP contribution in [0.1, 0.15) is 68.6 Å². The maximum Gasteiger partial charge on any atom is 0.258 e. The number of carbonyl (C=O) groups is 1. The normalized spacial score (nSPS) is 18.1. The van der Waals surface area contributed by atoms with Crippen LogP contribution in [0.3, 0.4) is 0 Å². The van der Waals surface area contributed by atoms with E-state index in [4.69, 9.17) is 9.15 Å². The van der Waals surface area contributed by atoms with Gasteiger partial charge in [-0.2, -0.15) is 4.72 Å². The fourth-order valence-electron chi connectivity index (χ4n) is 5.43. The van der Waals surface area contributed by atoms with Gasteiger partial charge in [0, 0.05) is 17.5 Å². The Hall–Kier alpha value is -3.17. The number of sulfonamides is 1. The summed E-state index contributed by atoms with van der Waals surface area (Å²) in [4.78, 5) is 12.9. The molecule has 1 atom stereocenters. The summed E-state index contributed by atoms with van der Waals surface area (Å²) in [5.74, 6) is 0.302. The van der Waals surface area contributed by atoms with Crippen LogP contribution in [-0.4, -0.2) is 26.0 Å². The number of ether oxygens (including phenoxy) is 1. The van der Waals surface area contributed by atoms with Crippen molar-refractivity contribution < 1.29 is 22.4 Å². The molecule has 0 bridgehead atoms. The largest absolute Gasteiger partial charge is 0.487 e. The molecule has 2 heterocycles. The summed E-state index contributed by atoms with van der Waals surface area (Å²) >= 11 is 0. The lowest BCUT2D eigenvalue weighted by molar-refractivity contribution is -0.122. The number of nitrogens with one attached hydrogen (secondary N) is 2. The number of nitrogens with zero attached hydrogens (tertiary/aromatic N) is 1. The van der Waals surface area contributed by atoms with Gasteiger partial charge in [0.1, 0.15) is 23.0 Å². The minimum absolute atomic E-state index is 0.0645. The van der Waals surface area contributed by atoms with Crippen molar-refractivity contribution in [2.45, 2.75) is 88.7 Å². The van der Waals surface area contributed by atoms with Crippen LogP contribution in [0.2, 0.25) is 0 Å². The van der Waals surface area contributed by atoms with Gasteiger partial charge >= 0.3 is 0 Å². The zero-order valence-corrected chi connectivity index (χ0v) is 23.0. The second-order valence-electron chi connectivity index (χ2n) is 10.6. The van der Waals surface area contributed by atoms with Gasteiger partial charge in [0.25, 0.3) is 5.91 Å². The number of aryl methyl sites for hydroxylation is 3. The minimum atomic E-state index is -3.86. The lowest BCUT2D eigenvalue weighted by Gasteiger charge is -2.41. The Bertz CT molecular complexity index is 1520. The van der Waals surface area contributed by atoms with E-state index in [1.165, 1.54) is 37.0 Å². The van der Waals surface area contributed by atoms with Gasteiger partial charge < -0.3 is 9.15 Å². The highest BCUT2D eigenvalue weighted by atomic mass is 32.2. The van der Waals surface area contributed by atoms with Crippen molar-refractivity contribution in [2.24, 2.45) is 5.10 Å². The third kappa shape index (κ3) is 5.49. The quantitative estimate of drug-likeness (QED) is 0.441. The third-order valence-electron chi connectivity index (χ3n) is 7.71. The SMILES string of the molecule is CC[C@@H](NS(=O)(=O)c1ccc(C)cc1)C(=O)N/N=c1/cc(C)c2cc3c(cc2o1)OC1(CCCCC1)CC3. The molecular formula is C29H35N3O5S.